The SMILES string of the molecule is CCN(C(=O)Cc1ccc(Cl)c(Cl)c1)C(C)CC(=O)O. The van der Waals surface area contributed by atoms with Crippen LogP contribution >= 0.6 is 23.2 Å². The smallest absolute Gasteiger partial charge is 0.305 e. The van der Waals surface area contributed by atoms with E-state index in [0.717, 1.165) is 5.56 Å². The van der Waals surface area contributed by atoms with Gasteiger partial charge in [-0.05, 0) is 31.5 Å². The summed E-state index contributed by atoms with van der Waals surface area (Å²) in [5, 5.41) is 9.64. The topological polar surface area (TPSA) is 57.6 Å². The summed E-state index contributed by atoms with van der Waals surface area (Å²) in [5.74, 6) is -1.04. The van der Waals surface area contributed by atoms with Crippen LogP contribution in [-0.2, 0) is 16.0 Å². The lowest BCUT2D eigenvalue weighted by Gasteiger charge is -2.27. The van der Waals surface area contributed by atoms with Crippen molar-refractivity contribution >= 4 is 35.1 Å². The third kappa shape index (κ3) is 4.69. The Balaban J connectivity index is 2.76. The van der Waals surface area contributed by atoms with Crippen LogP contribution in [0.15, 0.2) is 18.2 Å². The maximum Gasteiger partial charge on any atom is 0.305 e. The molecule has 20 heavy (non-hydrogen) atoms. The predicted octanol–water partition coefficient (Wildman–Crippen LogP) is 3.25. The van der Waals surface area contributed by atoms with Gasteiger partial charge in [0.2, 0.25) is 5.91 Å². The first-order valence-corrected chi connectivity index (χ1v) is 7.06. The van der Waals surface area contributed by atoms with Crippen LogP contribution in [0, 0.1) is 0 Å². The molecule has 6 heteroatoms. The summed E-state index contributed by atoms with van der Waals surface area (Å²) >= 11 is 11.7. The number of likely N-dealkylation sites (N-methyl/N-ethyl adjacent to an activating group) is 1. The van der Waals surface area contributed by atoms with Crippen molar-refractivity contribution in [1.82, 2.24) is 4.90 Å². The molecule has 0 fully saturated rings. The molecular formula is C14H17Cl2NO3. The van der Waals surface area contributed by atoms with Gasteiger partial charge in [-0.1, -0.05) is 29.3 Å². The number of hydrogen-bond acceptors (Lipinski definition) is 2. The number of hydrogen-bond donors (Lipinski definition) is 1. The van der Waals surface area contributed by atoms with E-state index in [1.54, 1.807) is 30.0 Å². The minimum atomic E-state index is -0.918. The van der Waals surface area contributed by atoms with Crippen LogP contribution < -0.4 is 0 Å². The van der Waals surface area contributed by atoms with E-state index in [4.69, 9.17) is 28.3 Å². The third-order valence-electron chi connectivity index (χ3n) is 3.00. The highest BCUT2D eigenvalue weighted by Crippen LogP contribution is 2.23. The van der Waals surface area contributed by atoms with Crippen molar-refractivity contribution in [3.63, 3.8) is 0 Å². The van der Waals surface area contributed by atoms with Crippen molar-refractivity contribution < 1.29 is 14.7 Å². The van der Waals surface area contributed by atoms with Crippen LogP contribution in [0.2, 0.25) is 10.0 Å². The second-order valence-electron chi connectivity index (χ2n) is 4.55. The number of carboxylic acids is 1. The lowest BCUT2D eigenvalue weighted by atomic mass is 10.1. The zero-order valence-electron chi connectivity index (χ0n) is 11.4. The molecule has 1 aromatic rings. The van der Waals surface area contributed by atoms with Crippen molar-refractivity contribution in [2.24, 2.45) is 0 Å². The molecule has 0 saturated carbocycles. The van der Waals surface area contributed by atoms with Gasteiger partial charge < -0.3 is 10.0 Å². The van der Waals surface area contributed by atoms with Crippen molar-refractivity contribution in [1.29, 1.82) is 0 Å². The van der Waals surface area contributed by atoms with Gasteiger partial charge in [0.25, 0.3) is 0 Å². The largest absolute Gasteiger partial charge is 0.481 e. The molecule has 1 amide bonds. The van der Waals surface area contributed by atoms with Crippen molar-refractivity contribution in [2.75, 3.05) is 6.54 Å². The quantitative estimate of drug-likeness (QED) is 0.876. The van der Waals surface area contributed by atoms with Crippen LogP contribution in [0.3, 0.4) is 0 Å². The summed E-state index contributed by atoms with van der Waals surface area (Å²) in [6.45, 7) is 4.02. The van der Waals surface area contributed by atoms with Gasteiger partial charge in [0.05, 0.1) is 22.9 Å². The molecule has 1 aromatic carbocycles. The zero-order valence-corrected chi connectivity index (χ0v) is 12.9. The molecule has 1 N–H and O–H groups in total. The highest BCUT2D eigenvalue weighted by atomic mass is 35.5. The maximum absolute atomic E-state index is 12.2. The van der Waals surface area contributed by atoms with Crippen molar-refractivity contribution in [3.05, 3.63) is 33.8 Å². The van der Waals surface area contributed by atoms with E-state index < -0.39 is 5.97 Å². The Labute approximate surface area is 128 Å². The maximum atomic E-state index is 12.2. The number of benzene rings is 1. The van der Waals surface area contributed by atoms with E-state index in [0.29, 0.717) is 16.6 Å². The van der Waals surface area contributed by atoms with Gasteiger partial charge in [-0.2, -0.15) is 0 Å². The van der Waals surface area contributed by atoms with Crippen LogP contribution in [0.25, 0.3) is 0 Å². The van der Waals surface area contributed by atoms with E-state index in [2.05, 4.69) is 0 Å². The first-order valence-electron chi connectivity index (χ1n) is 6.30. The van der Waals surface area contributed by atoms with E-state index in [1.165, 1.54) is 0 Å². The molecular weight excluding hydrogens is 301 g/mol. The van der Waals surface area contributed by atoms with E-state index in [9.17, 15) is 9.59 Å². The van der Waals surface area contributed by atoms with Crippen molar-refractivity contribution in [2.45, 2.75) is 32.7 Å². The number of carboxylic acid groups (broad SMARTS) is 1. The molecule has 1 rings (SSSR count). The number of rotatable bonds is 6. The molecule has 1 atom stereocenters. The van der Waals surface area contributed by atoms with Gasteiger partial charge in [-0.15, -0.1) is 0 Å². The van der Waals surface area contributed by atoms with Gasteiger partial charge in [0.1, 0.15) is 0 Å². The molecule has 0 heterocycles. The molecule has 0 aliphatic heterocycles. The van der Waals surface area contributed by atoms with Crippen LogP contribution in [0.5, 0.6) is 0 Å². The van der Waals surface area contributed by atoms with E-state index in [-0.39, 0.29) is 24.8 Å². The predicted molar refractivity (Wildman–Crippen MR) is 79.3 cm³/mol. The normalized spacial score (nSPS) is 12.0. The van der Waals surface area contributed by atoms with Gasteiger partial charge in [-0.3, -0.25) is 9.59 Å². The summed E-state index contributed by atoms with van der Waals surface area (Å²) < 4.78 is 0. The second kappa shape index (κ2) is 7.50. The zero-order chi connectivity index (χ0) is 15.3. The number of aliphatic carboxylic acids is 1. The highest BCUT2D eigenvalue weighted by Gasteiger charge is 2.20. The Hall–Kier alpha value is -1.26. The Bertz CT molecular complexity index is 505. The first-order chi connectivity index (χ1) is 9.35. The minimum Gasteiger partial charge on any atom is -0.481 e. The van der Waals surface area contributed by atoms with Crippen LogP contribution in [0.1, 0.15) is 25.8 Å². The highest BCUT2D eigenvalue weighted by molar-refractivity contribution is 6.42. The van der Waals surface area contributed by atoms with Gasteiger partial charge in [0, 0.05) is 12.6 Å². The third-order valence-corrected chi connectivity index (χ3v) is 3.74. The van der Waals surface area contributed by atoms with Gasteiger partial charge in [-0.25, -0.2) is 0 Å². The summed E-state index contributed by atoms with van der Waals surface area (Å²) in [5.41, 5.74) is 0.755. The summed E-state index contributed by atoms with van der Waals surface area (Å²) in [7, 11) is 0. The number of amides is 1. The van der Waals surface area contributed by atoms with Crippen LogP contribution in [0.4, 0.5) is 0 Å². The molecule has 0 spiro atoms. The average molecular weight is 318 g/mol. The Kier molecular flexibility index (Phi) is 6.30. The lowest BCUT2D eigenvalue weighted by molar-refractivity contribution is -0.140. The average Bonchev–Trinajstić information content (AvgIpc) is 2.33. The number of carbonyl (C=O) groups excluding carboxylic acids is 1. The molecule has 0 bridgehead atoms. The number of halogens is 2. The van der Waals surface area contributed by atoms with Crippen LogP contribution in [-0.4, -0.2) is 34.5 Å². The number of carbonyl (C=O) groups is 2. The van der Waals surface area contributed by atoms with Crippen molar-refractivity contribution in [3.8, 4) is 0 Å². The molecule has 0 aliphatic rings. The van der Waals surface area contributed by atoms with E-state index >= 15 is 0 Å². The molecule has 110 valence electrons. The fraction of sp³-hybridized carbons (Fsp3) is 0.429. The van der Waals surface area contributed by atoms with E-state index in [1.807, 2.05) is 6.92 Å². The standard InChI is InChI=1S/C14H17Cl2NO3/c1-3-17(9(2)6-14(19)20)13(18)8-10-4-5-11(15)12(16)7-10/h4-5,7,9H,3,6,8H2,1-2H3,(H,19,20). The molecule has 0 aromatic heterocycles. The van der Waals surface area contributed by atoms with Gasteiger partial charge >= 0.3 is 5.97 Å². The Morgan fingerprint density at radius 2 is 1.95 bits per heavy atom. The summed E-state index contributed by atoms with van der Waals surface area (Å²) in [6.07, 6.45) is 0.107. The lowest BCUT2D eigenvalue weighted by Crippen LogP contribution is -2.40. The Morgan fingerprint density at radius 3 is 2.45 bits per heavy atom. The monoisotopic (exact) mass is 317 g/mol. The minimum absolute atomic E-state index is 0.0685. The second-order valence-corrected chi connectivity index (χ2v) is 5.37. The molecule has 4 nitrogen and oxygen atoms in total. The molecule has 0 saturated heterocycles. The first kappa shape index (κ1) is 16.8. The molecule has 1 unspecified atom stereocenters. The Morgan fingerprint density at radius 1 is 1.30 bits per heavy atom. The molecule has 0 radical (unpaired) electrons. The fourth-order valence-corrected chi connectivity index (χ4v) is 2.34. The summed E-state index contributed by atoms with van der Waals surface area (Å²) in [6, 6.07) is 4.69. The molecule has 0 aliphatic carbocycles. The van der Waals surface area contributed by atoms with Gasteiger partial charge in [0.15, 0.2) is 0 Å². The number of nitrogens with zero attached hydrogens (tertiary/aromatic N) is 1. The fourth-order valence-electron chi connectivity index (χ4n) is 2.02. The summed E-state index contributed by atoms with van der Waals surface area (Å²) in [4.78, 5) is 24.5.